The lowest BCUT2D eigenvalue weighted by Gasteiger charge is -2.26. The Labute approximate surface area is 151 Å². The van der Waals surface area contributed by atoms with Crippen LogP contribution in [0.15, 0.2) is 54.9 Å². The molecule has 4 rings (SSSR count). The fourth-order valence-corrected chi connectivity index (χ4v) is 3.22. The van der Waals surface area contributed by atoms with E-state index in [0.717, 1.165) is 43.4 Å². The van der Waals surface area contributed by atoms with Crippen LogP contribution < -0.4 is 0 Å². The predicted octanol–water partition coefficient (Wildman–Crippen LogP) is 2.75. The third-order valence-electron chi connectivity index (χ3n) is 4.23. The van der Waals surface area contributed by atoms with Gasteiger partial charge in [-0.15, -0.1) is 5.10 Å². The fourth-order valence-electron chi connectivity index (χ4n) is 2.93. The highest BCUT2D eigenvalue weighted by Gasteiger charge is 2.17. The second-order valence-corrected chi connectivity index (χ2v) is 6.25. The highest BCUT2D eigenvalue weighted by molar-refractivity contribution is 7.71. The van der Waals surface area contributed by atoms with Crippen LogP contribution in [0.2, 0.25) is 0 Å². The number of benzene rings is 1. The summed E-state index contributed by atoms with van der Waals surface area (Å²) < 4.78 is 10.0. The van der Waals surface area contributed by atoms with Crippen molar-refractivity contribution in [2.75, 3.05) is 26.3 Å². The van der Waals surface area contributed by atoms with Crippen molar-refractivity contribution in [3.05, 3.63) is 59.6 Å². The molecule has 0 amide bonds. The van der Waals surface area contributed by atoms with Crippen molar-refractivity contribution < 1.29 is 4.74 Å². The van der Waals surface area contributed by atoms with E-state index in [1.54, 1.807) is 12.4 Å². The zero-order valence-electron chi connectivity index (χ0n) is 13.8. The van der Waals surface area contributed by atoms with Gasteiger partial charge in [0.2, 0.25) is 4.77 Å². The molecular formula is C18H19N5OS. The van der Waals surface area contributed by atoms with E-state index in [2.05, 4.69) is 9.88 Å². The molecule has 0 radical (unpaired) electrons. The summed E-state index contributed by atoms with van der Waals surface area (Å²) in [6.07, 6.45) is 3.55. The van der Waals surface area contributed by atoms with Gasteiger partial charge in [0, 0.05) is 36.7 Å². The molecule has 25 heavy (non-hydrogen) atoms. The van der Waals surface area contributed by atoms with E-state index in [-0.39, 0.29) is 0 Å². The fraction of sp³-hybridized carbons (Fsp3) is 0.278. The molecule has 3 aromatic rings. The standard InChI is InChI=1S/C18H19N5OS/c25-18-22(14-21-10-12-24-13-11-21)20-17(15-6-8-19-9-7-15)23(18)16-4-2-1-3-5-16/h1-9H,10-14H2. The molecule has 1 fully saturated rings. The lowest BCUT2D eigenvalue weighted by Crippen LogP contribution is -2.37. The monoisotopic (exact) mass is 353 g/mol. The first-order valence-corrected chi connectivity index (χ1v) is 8.69. The maximum Gasteiger partial charge on any atom is 0.204 e. The molecule has 128 valence electrons. The third kappa shape index (κ3) is 3.39. The van der Waals surface area contributed by atoms with Crippen molar-refractivity contribution in [2.24, 2.45) is 0 Å². The number of morpholine rings is 1. The van der Waals surface area contributed by atoms with Crippen molar-refractivity contribution in [2.45, 2.75) is 6.67 Å². The summed E-state index contributed by atoms with van der Waals surface area (Å²) in [7, 11) is 0. The van der Waals surface area contributed by atoms with E-state index in [1.165, 1.54) is 0 Å². The minimum absolute atomic E-state index is 0.667. The van der Waals surface area contributed by atoms with Crippen LogP contribution in [-0.2, 0) is 11.4 Å². The van der Waals surface area contributed by atoms with Crippen molar-refractivity contribution in [3.8, 4) is 17.1 Å². The number of rotatable bonds is 4. The Hall–Kier alpha value is -2.35. The number of aromatic nitrogens is 4. The third-order valence-corrected chi connectivity index (χ3v) is 4.62. The molecule has 0 spiro atoms. The van der Waals surface area contributed by atoms with Crippen LogP contribution >= 0.6 is 12.2 Å². The van der Waals surface area contributed by atoms with Crippen molar-refractivity contribution >= 4 is 12.2 Å². The Morgan fingerprint density at radius 3 is 2.44 bits per heavy atom. The molecule has 1 aromatic carbocycles. The normalized spacial score (nSPS) is 15.4. The van der Waals surface area contributed by atoms with Gasteiger partial charge in [-0.05, 0) is 36.5 Å². The summed E-state index contributed by atoms with van der Waals surface area (Å²) in [5.41, 5.74) is 2.00. The first-order chi connectivity index (χ1) is 12.3. The van der Waals surface area contributed by atoms with Gasteiger partial charge in [0.1, 0.15) is 0 Å². The molecule has 0 aliphatic carbocycles. The number of ether oxygens (including phenoxy) is 1. The number of hydrogen-bond donors (Lipinski definition) is 0. The molecule has 1 aliphatic rings. The minimum atomic E-state index is 0.667. The van der Waals surface area contributed by atoms with Crippen LogP contribution in [0.5, 0.6) is 0 Å². The van der Waals surface area contributed by atoms with Gasteiger partial charge >= 0.3 is 0 Å². The maximum absolute atomic E-state index is 5.75. The highest BCUT2D eigenvalue weighted by atomic mass is 32.1. The number of pyridine rings is 1. The van der Waals surface area contributed by atoms with Gasteiger partial charge in [-0.1, -0.05) is 18.2 Å². The topological polar surface area (TPSA) is 48.1 Å². The van der Waals surface area contributed by atoms with E-state index in [4.69, 9.17) is 22.1 Å². The average molecular weight is 353 g/mol. The van der Waals surface area contributed by atoms with Crippen molar-refractivity contribution in [1.82, 2.24) is 24.2 Å². The number of para-hydroxylation sites is 1. The van der Waals surface area contributed by atoms with E-state index in [0.29, 0.717) is 11.4 Å². The second kappa shape index (κ2) is 7.26. The molecular weight excluding hydrogens is 334 g/mol. The molecule has 0 atom stereocenters. The molecule has 1 aliphatic heterocycles. The smallest absolute Gasteiger partial charge is 0.204 e. The second-order valence-electron chi connectivity index (χ2n) is 5.88. The first kappa shape index (κ1) is 16.1. The molecule has 0 bridgehead atoms. The SMILES string of the molecule is S=c1n(CN2CCOCC2)nc(-c2ccncc2)n1-c1ccccc1. The summed E-state index contributed by atoms with van der Waals surface area (Å²) in [5, 5.41) is 4.82. The van der Waals surface area contributed by atoms with Crippen molar-refractivity contribution in [1.29, 1.82) is 0 Å². The van der Waals surface area contributed by atoms with Gasteiger partial charge in [0.25, 0.3) is 0 Å². The van der Waals surface area contributed by atoms with Crippen LogP contribution in [0.1, 0.15) is 0 Å². The van der Waals surface area contributed by atoms with Crippen LogP contribution in [0, 0.1) is 4.77 Å². The zero-order chi connectivity index (χ0) is 17.1. The maximum atomic E-state index is 5.75. The van der Waals surface area contributed by atoms with E-state index in [1.807, 2.05) is 51.7 Å². The molecule has 3 heterocycles. The van der Waals surface area contributed by atoms with Crippen LogP contribution in [0.25, 0.3) is 17.1 Å². The zero-order valence-corrected chi connectivity index (χ0v) is 14.6. The molecule has 0 unspecified atom stereocenters. The lowest BCUT2D eigenvalue weighted by molar-refractivity contribution is 0.0210. The Kier molecular flexibility index (Phi) is 4.69. The number of nitrogens with zero attached hydrogens (tertiary/aromatic N) is 5. The van der Waals surface area contributed by atoms with Crippen molar-refractivity contribution in [3.63, 3.8) is 0 Å². The Morgan fingerprint density at radius 1 is 1.00 bits per heavy atom. The number of hydrogen-bond acceptors (Lipinski definition) is 5. The molecule has 2 aromatic heterocycles. The molecule has 7 heteroatoms. The lowest BCUT2D eigenvalue weighted by atomic mass is 10.2. The van der Waals surface area contributed by atoms with Gasteiger partial charge in [0.05, 0.1) is 19.9 Å². The molecule has 0 saturated carbocycles. The van der Waals surface area contributed by atoms with E-state index < -0.39 is 0 Å². The Morgan fingerprint density at radius 2 is 1.72 bits per heavy atom. The Balaban J connectivity index is 1.79. The average Bonchev–Trinajstić information content (AvgIpc) is 3.00. The van der Waals surface area contributed by atoms with Crippen LogP contribution in [-0.4, -0.2) is 50.5 Å². The van der Waals surface area contributed by atoms with Gasteiger partial charge in [-0.25, -0.2) is 4.68 Å². The van der Waals surface area contributed by atoms with E-state index >= 15 is 0 Å². The minimum Gasteiger partial charge on any atom is -0.379 e. The Bertz CT molecular complexity index is 885. The first-order valence-electron chi connectivity index (χ1n) is 8.29. The van der Waals surface area contributed by atoms with E-state index in [9.17, 15) is 0 Å². The van der Waals surface area contributed by atoms with Gasteiger partial charge < -0.3 is 4.74 Å². The molecule has 1 saturated heterocycles. The van der Waals surface area contributed by atoms with Gasteiger partial charge in [0.15, 0.2) is 5.82 Å². The quantitative estimate of drug-likeness (QED) is 0.675. The van der Waals surface area contributed by atoms with Crippen LogP contribution in [0.3, 0.4) is 0 Å². The summed E-state index contributed by atoms with van der Waals surface area (Å²) in [4.78, 5) is 6.41. The van der Waals surface area contributed by atoms with Gasteiger partial charge in [-0.3, -0.25) is 14.5 Å². The highest BCUT2D eigenvalue weighted by Crippen LogP contribution is 2.22. The largest absolute Gasteiger partial charge is 0.379 e. The summed E-state index contributed by atoms with van der Waals surface area (Å²) in [5.74, 6) is 0.826. The summed E-state index contributed by atoms with van der Waals surface area (Å²) in [6, 6.07) is 14.0. The summed E-state index contributed by atoms with van der Waals surface area (Å²) >= 11 is 5.75. The predicted molar refractivity (Wildman–Crippen MR) is 98.0 cm³/mol. The van der Waals surface area contributed by atoms with Gasteiger partial charge in [-0.2, -0.15) is 0 Å². The molecule has 6 nitrogen and oxygen atoms in total. The van der Waals surface area contributed by atoms with Crippen LogP contribution in [0.4, 0.5) is 0 Å². The molecule has 0 N–H and O–H groups in total. The summed E-state index contributed by atoms with van der Waals surface area (Å²) in [6.45, 7) is 3.96.